The predicted octanol–water partition coefficient (Wildman–Crippen LogP) is 4.62. The molecule has 0 bridgehead atoms. The lowest BCUT2D eigenvalue weighted by molar-refractivity contribution is 0.248. The van der Waals surface area contributed by atoms with Crippen LogP contribution in [0.5, 0.6) is 11.5 Å². The van der Waals surface area contributed by atoms with Gasteiger partial charge in [-0.05, 0) is 39.4 Å². The first kappa shape index (κ1) is 18.0. The quantitative estimate of drug-likeness (QED) is 0.757. The first-order chi connectivity index (χ1) is 10.9. The third-order valence-electron chi connectivity index (χ3n) is 3.97. The van der Waals surface area contributed by atoms with Crippen molar-refractivity contribution in [2.75, 3.05) is 21.3 Å². The highest BCUT2D eigenvalue weighted by atomic mass is 35.5. The summed E-state index contributed by atoms with van der Waals surface area (Å²) in [5, 5.41) is 1.77. The summed E-state index contributed by atoms with van der Waals surface area (Å²) in [5.74, 6) is 1.33. The summed E-state index contributed by atoms with van der Waals surface area (Å²) in [6.07, 6.45) is 0. The molecule has 4 nitrogen and oxygen atoms in total. The minimum absolute atomic E-state index is 0.212. The molecule has 2 rings (SSSR count). The van der Waals surface area contributed by atoms with Crippen molar-refractivity contribution in [1.82, 2.24) is 9.88 Å². The minimum atomic E-state index is 0.212. The highest BCUT2D eigenvalue weighted by Crippen LogP contribution is 2.35. The van der Waals surface area contributed by atoms with Gasteiger partial charge in [-0.3, -0.25) is 4.90 Å². The van der Waals surface area contributed by atoms with Crippen LogP contribution in [0.1, 0.15) is 34.1 Å². The maximum Gasteiger partial charge on any atom is 0.162 e. The lowest BCUT2D eigenvalue weighted by Crippen LogP contribution is -2.23. The van der Waals surface area contributed by atoms with Crippen LogP contribution in [-0.4, -0.2) is 31.2 Å². The van der Waals surface area contributed by atoms with Crippen LogP contribution >= 0.6 is 22.9 Å². The summed E-state index contributed by atoms with van der Waals surface area (Å²) in [7, 11) is 5.31. The van der Waals surface area contributed by atoms with Crippen molar-refractivity contribution < 1.29 is 9.47 Å². The maximum absolute atomic E-state index is 6.39. The number of hydrogen-bond acceptors (Lipinski definition) is 5. The second-order valence-corrected chi connectivity index (χ2v) is 7.38. The zero-order chi connectivity index (χ0) is 17.1. The molecule has 0 fully saturated rings. The van der Waals surface area contributed by atoms with E-state index in [0.29, 0.717) is 23.1 Å². The Bertz CT molecular complexity index is 687. The van der Waals surface area contributed by atoms with Crippen molar-refractivity contribution >= 4 is 22.9 Å². The van der Waals surface area contributed by atoms with Crippen LogP contribution in [0.2, 0.25) is 5.02 Å². The standard InChI is InChI=1S/C17H23ClN2O2S/c1-10(17-11(2)23-12(3)19-17)20(4)9-13-7-15(21-5)16(22-6)8-14(13)18/h7-8,10H,9H2,1-6H3/t10-/m1/s1. The van der Waals surface area contributed by atoms with E-state index in [9.17, 15) is 0 Å². The van der Waals surface area contributed by atoms with Crippen molar-refractivity contribution in [2.45, 2.75) is 33.4 Å². The number of benzene rings is 1. The molecule has 1 atom stereocenters. The Labute approximate surface area is 147 Å². The zero-order valence-electron chi connectivity index (χ0n) is 14.4. The van der Waals surface area contributed by atoms with E-state index in [0.717, 1.165) is 16.3 Å². The molecule has 0 aliphatic carbocycles. The Hall–Kier alpha value is -1.30. The number of ether oxygens (including phenoxy) is 2. The summed E-state index contributed by atoms with van der Waals surface area (Å²) < 4.78 is 10.6. The van der Waals surface area contributed by atoms with Crippen molar-refractivity contribution in [3.63, 3.8) is 0 Å². The number of hydrogen-bond donors (Lipinski definition) is 0. The molecule has 0 saturated carbocycles. The van der Waals surface area contributed by atoms with Crippen LogP contribution in [0, 0.1) is 13.8 Å². The van der Waals surface area contributed by atoms with E-state index in [1.54, 1.807) is 31.6 Å². The average molecular weight is 355 g/mol. The van der Waals surface area contributed by atoms with Gasteiger partial charge in [0.25, 0.3) is 0 Å². The van der Waals surface area contributed by atoms with E-state index in [2.05, 4.69) is 30.8 Å². The fourth-order valence-electron chi connectivity index (χ4n) is 2.56. The number of thiazole rings is 1. The van der Waals surface area contributed by atoms with Crippen LogP contribution in [0.4, 0.5) is 0 Å². The summed E-state index contributed by atoms with van der Waals surface area (Å²) in [5.41, 5.74) is 2.13. The Morgan fingerprint density at radius 2 is 1.83 bits per heavy atom. The molecule has 0 spiro atoms. The molecule has 0 aliphatic rings. The third kappa shape index (κ3) is 3.97. The number of rotatable bonds is 6. The first-order valence-corrected chi connectivity index (χ1v) is 8.61. The summed E-state index contributed by atoms with van der Waals surface area (Å²) in [6.45, 7) is 7.03. The fraction of sp³-hybridized carbons (Fsp3) is 0.471. The Morgan fingerprint density at radius 3 is 2.35 bits per heavy atom. The summed E-state index contributed by atoms with van der Waals surface area (Å²) in [4.78, 5) is 8.15. The van der Waals surface area contributed by atoms with Crippen molar-refractivity contribution in [3.8, 4) is 11.5 Å². The van der Waals surface area contributed by atoms with Gasteiger partial charge in [-0.25, -0.2) is 4.98 Å². The van der Waals surface area contributed by atoms with Crippen LogP contribution in [0.3, 0.4) is 0 Å². The van der Waals surface area contributed by atoms with E-state index in [-0.39, 0.29) is 6.04 Å². The van der Waals surface area contributed by atoms with Crippen molar-refractivity contribution in [3.05, 3.63) is 38.3 Å². The molecular weight excluding hydrogens is 332 g/mol. The molecule has 0 amide bonds. The second kappa shape index (κ2) is 7.51. The molecule has 6 heteroatoms. The van der Waals surface area contributed by atoms with E-state index in [4.69, 9.17) is 21.1 Å². The first-order valence-electron chi connectivity index (χ1n) is 7.42. The van der Waals surface area contributed by atoms with E-state index in [1.807, 2.05) is 13.0 Å². The van der Waals surface area contributed by atoms with Gasteiger partial charge >= 0.3 is 0 Å². The van der Waals surface area contributed by atoms with Crippen LogP contribution in [0.25, 0.3) is 0 Å². The summed E-state index contributed by atoms with van der Waals surface area (Å²) in [6, 6.07) is 3.94. The number of methoxy groups -OCH3 is 2. The van der Waals surface area contributed by atoms with Crippen LogP contribution in [0.15, 0.2) is 12.1 Å². The molecular formula is C17H23ClN2O2S. The molecule has 0 aliphatic heterocycles. The van der Waals surface area contributed by atoms with Crippen molar-refractivity contribution in [1.29, 1.82) is 0 Å². The Kier molecular flexibility index (Phi) is 5.89. The molecule has 1 aromatic heterocycles. The molecule has 0 radical (unpaired) electrons. The maximum atomic E-state index is 6.39. The fourth-order valence-corrected chi connectivity index (χ4v) is 3.69. The number of halogens is 1. The van der Waals surface area contributed by atoms with Gasteiger partial charge < -0.3 is 9.47 Å². The van der Waals surface area contributed by atoms with Gasteiger partial charge in [-0.2, -0.15) is 0 Å². The largest absolute Gasteiger partial charge is 0.493 e. The van der Waals surface area contributed by atoms with Gasteiger partial charge in [0.1, 0.15) is 0 Å². The molecule has 0 unspecified atom stereocenters. The highest BCUT2D eigenvalue weighted by Gasteiger charge is 2.19. The molecule has 2 aromatic rings. The Balaban J connectivity index is 2.22. The van der Waals surface area contributed by atoms with Gasteiger partial charge in [0.05, 0.1) is 31.0 Å². The molecule has 1 heterocycles. The minimum Gasteiger partial charge on any atom is -0.493 e. The SMILES string of the molecule is COc1cc(Cl)c(CN(C)[C@H](C)c2nc(C)sc2C)cc1OC. The average Bonchev–Trinajstić information content (AvgIpc) is 2.86. The van der Waals surface area contributed by atoms with Gasteiger partial charge in [0.15, 0.2) is 11.5 Å². The molecule has 126 valence electrons. The van der Waals surface area contributed by atoms with E-state index >= 15 is 0 Å². The zero-order valence-corrected chi connectivity index (χ0v) is 16.0. The van der Waals surface area contributed by atoms with Gasteiger partial charge in [0.2, 0.25) is 0 Å². The number of nitrogens with zero attached hydrogens (tertiary/aromatic N) is 2. The van der Waals surface area contributed by atoms with Crippen molar-refractivity contribution in [2.24, 2.45) is 0 Å². The second-order valence-electron chi connectivity index (χ2n) is 5.56. The number of aromatic nitrogens is 1. The van der Waals surface area contributed by atoms with Gasteiger partial charge in [-0.15, -0.1) is 11.3 Å². The molecule has 23 heavy (non-hydrogen) atoms. The third-order valence-corrected chi connectivity index (χ3v) is 5.22. The molecule has 1 aromatic carbocycles. The van der Waals surface area contributed by atoms with Crippen LogP contribution in [-0.2, 0) is 6.54 Å². The van der Waals surface area contributed by atoms with Gasteiger partial charge in [0, 0.05) is 22.5 Å². The summed E-state index contributed by atoms with van der Waals surface area (Å²) >= 11 is 8.13. The number of aryl methyl sites for hydroxylation is 2. The van der Waals surface area contributed by atoms with Crippen LogP contribution < -0.4 is 9.47 Å². The molecule has 0 N–H and O–H groups in total. The van der Waals surface area contributed by atoms with E-state index < -0.39 is 0 Å². The smallest absolute Gasteiger partial charge is 0.162 e. The monoisotopic (exact) mass is 354 g/mol. The topological polar surface area (TPSA) is 34.6 Å². The normalized spacial score (nSPS) is 12.5. The van der Waals surface area contributed by atoms with Gasteiger partial charge in [-0.1, -0.05) is 11.6 Å². The molecule has 0 saturated heterocycles. The lowest BCUT2D eigenvalue weighted by atomic mass is 10.1. The lowest BCUT2D eigenvalue weighted by Gasteiger charge is -2.25. The highest BCUT2D eigenvalue weighted by molar-refractivity contribution is 7.11. The predicted molar refractivity (Wildman–Crippen MR) is 96.0 cm³/mol. The Morgan fingerprint density at radius 1 is 1.22 bits per heavy atom. The van der Waals surface area contributed by atoms with E-state index in [1.165, 1.54) is 4.88 Å².